The van der Waals surface area contributed by atoms with E-state index in [0.717, 1.165) is 26.1 Å². The van der Waals surface area contributed by atoms with Crippen molar-refractivity contribution in [2.75, 3.05) is 13.1 Å². The van der Waals surface area contributed by atoms with E-state index in [0.29, 0.717) is 12.1 Å². The van der Waals surface area contributed by atoms with Crippen molar-refractivity contribution in [2.24, 2.45) is 5.73 Å². The topological polar surface area (TPSA) is 53.0 Å². The zero-order valence-electron chi connectivity index (χ0n) is 15.0. The zero-order valence-corrected chi connectivity index (χ0v) is 15.0. The van der Waals surface area contributed by atoms with E-state index in [-0.39, 0.29) is 0 Å². The van der Waals surface area contributed by atoms with Gasteiger partial charge in [0, 0.05) is 19.6 Å². The maximum absolute atomic E-state index is 8.93. The fourth-order valence-corrected chi connectivity index (χ4v) is 3.15. The molecular weight excluding hydrogens is 294 g/mol. The minimum Gasteiger partial charge on any atom is -0.330 e. The van der Waals surface area contributed by atoms with Crippen LogP contribution in [0.25, 0.3) is 0 Å². The summed E-state index contributed by atoms with van der Waals surface area (Å²) in [5, 5.41) is 8.93. The van der Waals surface area contributed by atoms with Crippen molar-refractivity contribution in [3.05, 3.63) is 69.8 Å². The van der Waals surface area contributed by atoms with Crippen molar-refractivity contribution in [1.82, 2.24) is 4.90 Å². The van der Waals surface area contributed by atoms with Gasteiger partial charge in [-0.1, -0.05) is 29.8 Å². The molecule has 0 aliphatic carbocycles. The number of hydrogen-bond donors (Lipinski definition) is 1. The number of aryl methyl sites for hydroxylation is 3. The second-order valence-electron chi connectivity index (χ2n) is 6.54. The molecule has 2 N–H and O–H groups in total. The number of nitrogens with two attached hydrogens (primary N) is 1. The van der Waals surface area contributed by atoms with Crippen LogP contribution in [0.1, 0.15) is 39.8 Å². The van der Waals surface area contributed by atoms with Crippen molar-refractivity contribution in [1.29, 1.82) is 5.26 Å². The van der Waals surface area contributed by atoms with E-state index < -0.39 is 0 Å². The summed E-state index contributed by atoms with van der Waals surface area (Å²) >= 11 is 0. The first-order chi connectivity index (χ1) is 11.5. The Hall–Kier alpha value is -2.15. The highest BCUT2D eigenvalue weighted by Crippen LogP contribution is 2.20. The van der Waals surface area contributed by atoms with Gasteiger partial charge in [0.1, 0.15) is 0 Å². The summed E-state index contributed by atoms with van der Waals surface area (Å²) in [5.74, 6) is 0. The fourth-order valence-electron chi connectivity index (χ4n) is 3.15. The van der Waals surface area contributed by atoms with Gasteiger partial charge in [-0.15, -0.1) is 0 Å². The average molecular weight is 321 g/mol. The number of hydrogen-bond acceptors (Lipinski definition) is 3. The van der Waals surface area contributed by atoms with Gasteiger partial charge in [0.25, 0.3) is 0 Å². The second kappa shape index (κ2) is 8.63. The third kappa shape index (κ3) is 4.92. The molecule has 0 saturated carbocycles. The number of benzene rings is 2. The SMILES string of the molecule is Cc1cc(C)c(CN(CCCN)Cc2ccc(C#N)cc2)c(C)c1. The third-order valence-corrected chi connectivity index (χ3v) is 4.39. The van der Waals surface area contributed by atoms with Crippen LogP contribution < -0.4 is 5.73 Å². The molecule has 2 aromatic rings. The summed E-state index contributed by atoms with van der Waals surface area (Å²) in [6, 6.07) is 14.5. The predicted molar refractivity (Wildman–Crippen MR) is 99.6 cm³/mol. The maximum Gasteiger partial charge on any atom is 0.0991 e. The van der Waals surface area contributed by atoms with Gasteiger partial charge in [0.2, 0.25) is 0 Å². The van der Waals surface area contributed by atoms with E-state index in [4.69, 9.17) is 11.0 Å². The van der Waals surface area contributed by atoms with Crippen LogP contribution in [0.5, 0.6) is 0 Å². The van der Waals surface area contributed by atoms with Crippen LogP contribution in [0, 0.1) is 32.1 Å². The van der Waals surface area contributed by atoms with Gasteiger partial charge in [-0.05, 0) is 68.1 Å². The molecule has 0 amide bonds. The summed E-state index contributed by atoms with van der Waals surface area (Å²) in [6.07, 6.45) is 0.986. The Kier molecular flexibility index (Phi) is 6.54. The van der Waals surface area contributed by atoms with Crippen molar-refractivity contribution in [3.8, 4) is 6.07 Å². The lowest BCUT2D eigenvalue weighted by Gasteiger charge is -2.24. The van der Waals surface area contributed by atoms with Crippen LogP contribution in [0.2, 0.25) is 0 Å². The predicted octanol–water partition coefficient (Wildman–Crippen LogP) is 3.83. The van der Waals surface area contributed by atoms with Gasteiger partial charge < -0.3 is 5.73 Å². The molecule has 126 valence electrons. The first kappa shape index (κ1) is 18.2. The maximum atomic E-state index is 8.93. The van der Waals surface area contributed by atoms with Crippen molar-refractivity contribution in [2.45, 2.75) is 40.3 Å². The Labute approximate surface area is 145 Å². The van der Waals surface area contributed by atoms with E-state index in [1.165, 1.54) is 27.8 Å². The van der Waals surface area contributed by atoms with E-state index in [1.54, 1.807) is 0 Å². The van der Waals surface area contributed by atoms with E-state index in [9.17, 15) is 0 Å². The Morgan fingerprint density at radius 3 is 2.17 bits per heavy atom. The van der Waals surface area contributed by atoms with Crippen LogP contribution in [-0.4, -0.2) is 18.0 Å². The molecule has 0 aromatic heterocycles. The van der Waals surface area contributed by atoms with Crippen LogP contribution >= 0.6 is 0 Å². The molecule has 0 aliphatic rings. The molecule has 2 rings (SSSR count). The van der Waals surface area contributed by atoms with Crippen molar-refractivity contribution >= 4 is 0 Å². The molecule has 0 unspecified atom stereocenters. The Morgan fingerprint density at radius 1 is 1.00 bits per heavy atom. The van der Waals surface area contributed by atoms with Gasteiger partial charge in [-0.2, -0.15) is 5.26 Å². The molecular formula is C21H27N3. The molecule has 3 nitrogen and oxygen atoms in total. The summed E-state index contributed by atoms with van der Waals surface area (Å²) < 4.78 is 0. The highest BCUT2D eigenvalue weighted by Gasteiger charge is 2.11. The van der Waals surface area contributed by atoms with Crippen LogP contribution in [-0.2, 0) is 13.1 Å². The second-order valence-corrected chi connectivity index (χ2v) is 6.54. The van der Waals surface area contributed by atoms with Gasteiger partial charge in [0.15, 0.2) is 0 Å². The molecule has 0 saturated heterocycles. The minimum absolute atomic E-state index is 0.704. The summed E-state index contributed by atoms with van der Waals surface area (Å²) in [6.45, 7) is 10.0. The first-order valence-corrected chi connectivity index (χ1v) is 8.51. The molecule has 0 fully saturated rings. The quantitative estimate of drug-likeness (QED) is 0.843. The lowest BCUT2D eigenvalue weighted by atomic mass is 9.99. The molecule has 2 aromatic carbocycles. The molecule has 24 heavy (non-hydrogen) atoms. The lowest BCUT2D eigenvalue weighted by molar-refractivity contribution is 0.254. The monoisotopic (exact) mass is 321 g/mol. The first-order valence-electron chi connectivity index (χ1n) is 8.51. The van der Waals surface area contributed by atoms with Gasteiger partial charge in [-0.25, -0.2) is 0 Å². The average Bonchev–Trinajstić information content (AvgIpc) is 2.56. The van der Waals surface area contributed by atoms with Crippen LogP contribution in [0.4, 0.5) is 0 Å². The Bertz CT molecular complexity index is 688. The zero-order chi connectivity index (χ0) is 17.5. The molecule has 0 spiro atoms. The van der Waals surface area contributed by atoms with Gasteiger partial charge in [-0.3, -0.25) is 4.90 Å². The largest absolute Gasteiger partial charge is 0.330 e. The molecule has 3 heteroatoms. The summed E-state index contributed by atoms with van der Waals surface area (Å²) in [5.41, 5.74) is 13.1. The smallest absolute Gasteiger partial charge is 0.0991 e. The number of rotatable bonds is 7. The lowest BCUT2D eigenvalue weighted by Crippen LogP contribution is -2.26. The van der Waals surface area contributed by atoms with E-state index in [1.807, 2.05) is 24.3 Å². The fraction of sp³-hybridized carbons (Fsp3) is 0.381. The molecule has 0 heterocycles. The Morgan fingerprint density at radius 2 is 1.62 bits per heavy atom. The number of nitriles is 1. The standard InChI is InChI=1S/C21H27N3/c1-16-11-17(2)21(18(3)12-16)15-24(10-4-9-22)14-20-7-5-19(13-23)6-8-20/h5-8,11-12H,4,9-10,14-15,22H2,1-3H3. The molecule has 0 bridgehead atoms. The summed E-state index contributed by atoms with van der Waals surface area (Å²) in [7, 11) is 0. The van der Waals surface area contributed by atoms with Crippen molar-refractivity contribution in [3.63, 3.8) is 0 Å². The highest BCUT2D eigenvalue weighted by atomic mass is 15.1. The highest BCUT2D eigenvalue weighted by molar-refractivity contribution is 5.37. The van der Waals surface area contributed by atoms with Gasteiger partial charge in [0.05, 0.1) is 11.6 Å². The van der Waals surface area contributed by atoms with E-state index >= 15 is 0 Å². The molecule has 0 radical (unpaired) electrons. The summed E-state index contributed by atoms with van der Waals surface area (Å²) in [4.78, 5) is 2.44. The van der Waals surface area contributed by atoms with Gasteiger partial charge >= 0.3 is 0 Å². The molecule has 0 atom stereocenters. The van der Waals surface area contributed by atoms with Crippen LogP contribution in [0.15, 0.2) is 36.4 Å². The van der Waals surface area contributed by atoms with Crippen molar-refractivity contribution < 1.29 is 0 Å². The van der Waals surface area contributed by atoms with E-state index in [2.05, 4.69) is 43.9 Å². The minimum atomic E-state index is 0.704. The normalized spacial score (nSPS) is 10.8. The van der Waals surface area contributed by atoms with Crippen LogP contribution in [0.3, 0.4) is 0 Å². The third-order valence-electron chi connectivity index (χ3n) is 4.39. The number of nitrogens with zero attached hydrogens (tertiary/aromatic N) is 2. The molecule has 0 aliphatic heterocycles. The Balaban J connectivity index is 2.17.